The van der Waals surface area contributed by atoms with Gasteiger partial charge in [0.15, 0.2) is 0 Å². The minimum absolute atomic E-state index is 0.0812. The van der Waals surface area contributed by atoms with Crippen LogP contribution in [0, 0.1) is 18.7 Å². The maximum Gasteiger partial charge on any atom is 0.254 e. The van der Waals surface area contributed by atoms with E-state index in [1.165, 1.54) is 12.1 Å². The molecule has 1 aliphatic rings. The van der Waals surface area contributed by atoms with Crippen molar-refractivity contribution in [3.8, 4) is 0 Å². The molecule has 2 atom stereocenters. The van der Waals surface area contributed by atoms with E-state index >= 15 is 0 Å². The van der Waals surface area contributed by atoms with Crippen LogP contribution in [-0.2, 0) is 0 Å². The molecule has 19 heavy (non-hydrogen) atoms. The van der Waals surface area contributed by atoms with Gasteiger partial charge in [-0.2, -0.15) is 0 Å². The first-order chi connectivity index (χ1) is 8.99. The van der Waals surface area contributed by atoms with Gasteiger partial charge in [-0.15, -0.1) is 0 Å². The number of piperidine rings is 1. The molecule has 1 fully saturated rings. The first-order valence-corrected chi connectivity index (χ1v) is 6.80. The number of rotatable bonds is 2. The molecule has 2 rings (SSSR count). The maximum atomic E-state index is 13.3. The van der Waals surface area contributed by atoms with Crippen LogP contribution in [0.25, 0.3) is 0 Å². The number of nitrogens with zero attached hydrogens (tertiary/aromatic N) is 1. The highest BCUT2D eigenvalue weighted by molar-refractivity contribution is 5.95. The molecule has 1 aliphatic heterocycles. The Kier molecular flexibility index (Phi) is 4.20. The smallest absolute Gasteiger partial charge is 0.254 e. The van der Waals surface area contributed by atoms with Crippen molar-refractivity contribution in [1.82, 2.24) is 4.90 Å². The van der Waals surface area contributed by atoms with Gasteiger partial charge in [0.1, 0.15) is 5.82 Å². The van der Waals surface area contributed by atoms with Gasteiger partial charge in [0.2, 0.25) is 0 Å². The molecular formula is C15H21FN2O. The third-order valence-corrected chi connectivity index (χ3v) is 3.92. The summed E-state index contributed by atoms with van der Waals surface area (Å²) in [5.41, 5.74) is 7.20. The molecule has 0 radical (unpaired) electrons. The number of carbonyl (C=O) groups is 1. The zero-order chi connectivity index (χ0) is 14.0. The Morgan fingerprint density at radius 2 is 2.26 bits per heavy atom. The SMILES string of the molecule is Cc1ccc(F)cc1C(=O)N1CCC[C@H]([C@@H](C)N)C1. The van der Waals surface area contributed by atoms with E-state index in [4.69, 9.17) is 5.73 Å². The molecule has 0 unspecified atom stereocenters. The second-order valence-corrected chi connectivity index (χ2v) is 5.47. The highest BCUT2D eigenvalue weighted by atomic mass is 19.1. The largest absolute Gasteiger partial charge is 0.338 e. The van der Waals surface area contributed by atoms with Crippen molar-refractivity contribution in [2.24, 2.45) is 11.7 Å². The van der Waals surface area contributed by atoms with Gasteiger partial charge >= 0.3 is 0 Å². The number of hydrogen-bond acceptors (Lipinski definition) is 2. The minimum Gasteiger partial charge on any atom is -0.338 e. The standard InChI is InChI=1S/C15H21FN2O/c1-10-5-6-13(16)8-14(10)15(19)18-7-3-4-12(9-18)11(2)17/h5-6,8,11-12H,3-4,7,9,17H2,1-2H3/t11-,12+/m1/s1. The lowest BCUT2D eigenvalue weighted by atomic mass is 9.91. The van der Waals surface area contributed by atoms with Crippen molar-refractivity contribution in [2.75, 3.05) is 13.1 Å². The van der Waals surface area contributed by atoms with E-state index in [1.54, 1.807) is 11.0 Å². The van der Waals surface area contributed by atoms with Crippen LogP contribution in [0.3, 0.4) is 0 Å². The zero-order valence-corrected chi connectivity index (χ0v) is 11.5. The van der Waals surface area contributed by atoms with Gasteiger partial charge in [-0.25, -0.2) is 4.39 Å². The van der Waals surface area contributed by atoms with Gasteiger partial charge < -0.3 is 10.6 Å². The fourth-order valence-corrected chi connectivity index (χ4v) is 2.62. The van der Waals surface area contributed by atoms with Crippen molar-refractivity contribution in [3.63, 3.8) is 0 Å². The summed E-state index contributed by atoms with van der Waals surface area (Å²) in [4.78, 5) is 14.3. The van der Waals surface area contributed by atoms with Crippen molar-refractivity contribution < 1.29 is 9.18 Å². The summed E-state index contributed by atoms with van der Waals surface area (Å²) in [5, 5.41) is 0. The minimum atomic E-state index is -0.366. The van der Waals surface area contributed by atoms with E-state index in [0.717, 1.165) is 24.9 Å². The van der Waals surface area contributed by atoms with Crippen LogP contribution in [0.2, 0.25) is 0 Å². The summed E-state index contributed by atoms with van der Waals surface area (Å²) in [6, 6.07) is 4.44. The molecule has 2 N–H and O–H groups in total. The highest BCUT2D eigenvalue weighted by Crippen LogP contribution is 2.22. The van der Waals surface area contributed by atoms with Crippen LogP contribution < -0.4 is 5.73 Å². The van der Waals surface area contributed by atoms with Gasteiger partial charge in [-0.3, -0.25) is 4.79 Å². The van der Waals surface area contributed by atoms with Crippen LogP contribution >= 0.6 is 0 Å². The van der Waals surface area contributed by atoms with Gasteiger partial charge in [0.05, 0.1) is 0 Å². The number of halogens is 1. The number of carbonyl (C=O) groups excluding carboxylic acids is 1. The molecule has 3 nitrogen and oxygen atoms in total. The van der Waals surface area contributed by atoms with E-state index < -0.39 is 0 Å². The number of benzene rings is 1. The third-order valence-electron chi connectivity index (χ3n) is 3.92. The molecule has 0 spiro atoms. The normalized spacial score (nSPS) is 21.3. The molecule has 0 saturated carbocycles. The molecule has 1 amide bonds. The van der Waals surface area contributed by atoms with Crippen LogP contribution in [0.15, 0.2) is 18.2 Å². The quantitative estimate of drug-likeness (QED) is 0.891. The van der Waals surface area contributed by atoms with Crippen LogP contribution in [0.4, 0.5) is 4.39 Å². The molecule has 0 aromatic heterocycles. The number of likely N-dealkylation sites (tertiary alicyclic amines) is 1. The zero-order valence-electron chi connectivity index (χ0n) is 11.5. The Balaban J connectivity index is 2.17. The van der Waals surface area contributed by atoms with E-state index in [-0.39, 0.29) is 17.8 Å². The summed E-state index contributed by atoms with van der Waals surface area (Å²) in [6.07, 6.45) is 2.02. The molecule has 1 aromatic carbocycles. The Morgan fingerprint density at radius 1 is 1.53 bits per heavy atom. The molecular weight excluding hydrogens is 243 g/mol. The molecule has 1 aromatic rings. The fourth-order valence-electron chi connectivity index (χ4n) is 2.62. The van der Waals surface area contributed by atoms with Crippen molar-refractivity contribution in [1.29, 1.82) is 0 Å². The lowest BCUT2D eigenvalue weighted by Gasteiger charge is -2.35. The predicted molar refractivity (Wildman–Crippen MR) is 73.4 cm³/mol. The average molecular weight is 264 g/mol. The lowest BCUT2D eigenvalue weighted by Crippen LogP contribution is -2.45. The molecule has 0 bridgehead atoms. The third kappa shape index (κ3) is 3.13. The van der Waals surface area contributed by atoms with Crippen LogP contribution in [-0.4, -0.2) is 29.9 Å². The molecule has 0 aliphatic carbocycles. The van der Waals surface area contributed by atoms with E-state index in [0.29, 0.717) is 18.0 Å². The predicted octanol–water partition coefficient (Wildman–Crippen LogP) is 2.33. The van der Waals surface area contributed by atoms with Crippen LogP contribution in [0.1, 0.15) is 35.7 Å². The Bertz CT molecular complexity index is 473. The summed E-state index contributed by atoms with van der Waals surface area (Å²) in [6.45, 7) is 5.22. The first-order valence-electron chi connectivity index (χ1n) is 6.80. The van der Waals surface area contributed by atoms with E-state index in [2.05, 4.69) is 0 Å². The fraction of sp³-hybridized carbons (Fsp3) is 0.533. The topological polar surface area (TPSA) is 46.3 Å². The number of hydrogen-bond donors (Lipinski definition) is 1. The van der Waals surface area contributed by atoms with Crippen molar-refractivity contribution >= 4 is 5.91 Å². The summed E-state index contributed by atoms with van der Waals surface area (Å²) < 4.78 is 13.3. The first kappa shape index (κ1) is 14.0. The maximum absolute atomic E-state index is 13.3. The molecule has 104 valence electrons. The van der Waals surface area contributed by atoms with Crippen molar-refractivity contribution in [2.45, 2.75) is 32.7 Å². The van der Waals surface area contributed by atoms with Gasteiger partial charge in [0.25, 0.3) is 5.91 Å². The summed E-state index contributed by atoms with van der Waals surface area (Å²) >= 11 is 0. The number of aryl methyl sites for hydroxylation is 1. The number of amides is 1. The van der Waals surface area contributed by atoms with E-state index in [1.807, 2.05) is 13.8 Å². The summed E-state index contributed by atoms with van der Waals surface area (Å²) in [5.74, 6) is -0.108. The lowest BCUT2D eigenvalue weighted by molar-refractivity contribution is 0.0659. The number of nitrogens with two attached hydrogens (primary N) is 1. The Labute approximate surface area is 113 Å². The van der Waals surface area contributed by atoms with Gasteiger partial charge in [-0.05, 0) is 50.3 Å². The monoisotopic (exact) mass is 264 g/mol. The van der Waals surface area contributed by atoms with Gasteiger partial charge in [-0.1, -0.05) is 6.07 Å². The molecule has 1 heterocycles. The Morgan fingerprint density at radius 3 is 2.95 bits per heavy atom. The second-order valence-electron chi connectivity index (χ2n) is 5.47. The highest BCUT2D eigenvalue weighted by Gasteiger charge is 2.27. The average Bonchev–Trinajstić information content (AvgIpc) is 2.41. The van der Waals surface area contributed by atoms with Crippen LogP contribution in [0.5, 0.6) is 0 Å². The molecule has 1 saturated heterocycles. The van der Waals surface area contributed by atoms with E-state index in [9.17, 15) is 9.18 Å². The Hall–Kier alpha value is -1.42. The molecule has 4 heteroatoms. The van der Waals surface area contributed by atoms with Gasteiger partial charge in [0, 0.05) is 24.7 Å². The summed E-state index contributed by atoms with van der Waals surface area (Å²) in [7, 11) is 0. The van der Waals surface area contributed by atoms with Crippen molar-refractivity contribution in [3.05, 3.63) is 35.1 Å². The second kappa shape index (κ2) is 5.70.